The fourth-order valence-electron chi connectivity index (χ4n) is 1.65. The minimum Gasteiger partial charge on any atom is -0.358 e. The molecule has 1 aliphatic rings. The second-order valence-electron chi connectivity index (χ2n) is 4.29. The van der Waals surface area contributed by atoms with Crippen LogP contribution in [0.3, 0.4) is 0 Å². The molecule has 0 spiro atoms. The Balaban J connectivity index is 1.72. The highest BCUT2D eigenvalue weighted by Crippen LogP contribution is 2.25. The normalized spacial score (nSPS) is 20.2. The third-order valence-corrected chi connectivity index (χ3v) is 4.28. The topological polar surface area (TPSA) is 37.3 Å². The van der Waals surface area contributed by atoms with E-state index in [0.29, 0.717) is 5.25 Å². The summed E-state index contributed by atoms with van der Waals surface area (Å²) in [5.74, 6) is 0.756. The average molecular weight is 255 g/mol. The van der Waals surface area contributed by atoms with Gasteiger partial charge in [0, 0.05) is 16.8 Å². The Morgan fingerprint density at radius 2 is 2.44 bits per heavy atom. The van der Waals surface area contributed by atoms with Gasteiger partial charge in [0.15, 0.2) is 5.17 Å². The first-order valence-corrected chi connectivity index (χ1v) is 7.33. The van der Waals surface area contributed by atoms with Crippen LogP contribution in [-0.4, -0.2) is 21.9 Å². The zero-order valence-corrected chi connectivity index (χ0v) is 11.3. The van der Waals surface area contributed by atoms with Gasteiger partial charge in [0.05, 0.1) is 13.1 Å². The number of rotatable bonds is 4. The van der Waals surface area contributed by atoms with Crippen molar-refractivity contribution in [2.24, 2.45) is 10.9 Å². The number of hydrogen-bond acceptors (Lipinski definition) is 5. The van der Waals surface area contributed by atoms with Crippen LogP contribution in [0.5, 0.6) is 0 Å². The first-order chi connectivity index (χ1) is 7.74. The Kier molecular flexibility index (Phi) is 4.23. The smallest absolute Gasteiger partial charge is 0.157 e. The van der Waals surface area contributed by atoms with Crippen molar-refractivity contribution in [2.75, 3.05) is 6.54 Å². The van der Waals surface area contributed by atoms with E-state index >= 15 is 0 Å². The van der Waals surface area contributed by atoms with Gasteiger partial charge in [-0.3, -0.25) is 4.99 Å². The molecule has 3 nitrogen and oxygen atoms in total. The summed E-state index contributed by atoms with van der Waals surface area (Å²) >= 11 is 3.56. The second-order valence-corrected chi connectivity index (χ2v) is 6.56. The van der Waals surface area contributed by atoms with E-state index in [0.717, 1.165) is 29.2 Å². The van der Waals surface area contributed by atoms with E-state index in [2.05, 4.69) is 29.1 Å². The van der Waals surface area contributed by atoms with Gasteiger partial charge in [-0.25, -0.2) is 4.98 Å². The molecule has 5 heteroatoms. The van der Waals surface area contributed by atoms with Crippen LogP contribution in [-0.2, 0) is 6.54 Å². The molecule has 0 saturated heterocycles. The van der Waals surface area contributed by atoms with Gasteiger partial charge < -0.3 is 5.32 Å². The van der Waals surface area contributed by atoms with E-state index in [1.54, 1.807) is 11.3 Å². The molecule has 1 aromatic heterocycles. The number of amidine groups is 1. The summed E-state index contributed by atoms with van der Waals surface area (Å²) in [6, 6.07) is 0. The summed E-state index contributed by atoms with van der Waals surface area (Å²) in [6.45, 7) is 6.30. The van der Waals surface area contributed by atoms with Gasteiger partial charge in [-0.1, -0.05) is 25.6 Å². The number of nitrogens with one attached hydrogen (secondary N) is 1. The fourth-order valence-corrected chi connectivity index (χ4v) is 3.46. The number of aromatic nitrogens is 1. The van der Waals surface area contributed by atoms with Crippen molar-refractivity contribution in [3.8, 4) is 0 Å². The molecule has 1 atom stereocenters. The summed E-state index contributed by atoms with van der Waals surface area (Å²) in [5, 5.41) is 8.22. The third-order valence-electron chi connectivity index (χ3n) is 2.33. The van der Waals surface area contributed by atoms with E-state index < -0.39 is 0 Å². The zero-order valence-electron chi connectivity index (χ0n) is 9.64. The van der Waals surface area contributed by atoms with Crippen LogP contribution in [0.2, 0.25) is 0 Å². The van der Waals surface area contributed by atoms with Crippen molar-refractivity contribution in [1.82, 2.24) is 10.3 Å². The highest BCUT2D eigenvalue weighted by atomic mass is 32.2. The molecule has 0 aromatic carbocycles. The van der Waals surface area contributed by atoms with Gasteiger partial charge in [0.1, 0.15) is 5.01 Å². The van der Waals surface area contributed by atoms with Crippen molar-refractivity contribution < 1.29 is 0 Å². The number of thioether (sulfide) groups is 1. The molecule has 0 aliphatic carbocycles. The molecular formula is C11H17N3S2. The zero-order chi connectivity index (χ0) is 11.4. The van der Waals surface area contributed by atoms with Gasteiger partial charge in [0.25, 0.3) is 0 Å². The largest absolute Gasteiger partial charge is 0.358 e. The van der Waals surface area contributed by atoms with Crippen LogP contribution in [0, 0.1) is 5.92 Å². The number of hydrogen-bond donors (Lipinski definition) is 1. The van der Waals surface area contributed by atoms with Crippen molar-refractivity contribution >= 4 is 28.3 Å². The molecule has 16 heavy (non-hydrogen) atoms. The first-order valence-electron chi connectivity index (χ1n) is 5.57. The van der Waals surface area contributed by atoms with Crippen molar-refractivity contribution in [1.29, 1.82) is 0 Å². The summed E-state index contributed by atoms with van der Waals surface area (Å²) in [7, 11) is 0. The maximum atomic E-state index is 4.51. The molecular weight excluding hydrogens is 238 g/mol. The molecule has 0 saturated carbocycles. The van der Waals surface area contributed by atoms with Crippen LogP contribution in [0.1, 0.15) is 25.3 Å². The lowest BCUT2D eigenvalue weighted by atomic mass is 10.1. The van der Waals surface area contributed by atoms with Gasteiger partial charge in [-0.15, -0.1) is 11.3 Å². The summed E-state index contributed by atoms with van der Waals surface area (Å²) in [5.41, 5.74) is 0. The molecule has 0 bridgehead atoms. The van der Waals surface area contributed by atoms with Crippen LogP contribution in [0.4, 0.5) is 0 Å². The molecule has 1 aliphatic heterocycles. The third kappa shape index (κ3) is 3.49. The fraction of sp³-hybridized carbons (Fsp3) is 0.636. The second kappa shape index (κ2) is 5.68. The van der Waals surface area contributed by atoms with Crippen molar-refractivity contribution in [3.63, 3.8) is 0 Å². The van der Waals surface area contributed by atoms with Crippen molar-refractivity contribution in [3.05, 3.63) is 16.6 Å². The van der Waals surface area contributed by atoms with E-state index in [9.17, 15) is 0 Å². The molecule has 88 valence electrons. The van der Waals surface area contributed by atoms with E-state index in [-0.39, 0.29) is 0 Å². The monoisotopic (exact) mass is 255 g/mol. The van der Waals surface area contributed by atoms with Gasteiger partial charge in [-0.05, 0) is 12.3 Å². The number of aliphatic imine (C=N–C) groups is 1. The van der Waals surface area contributed by atoms with Gasteiger partial charge in [0.2, 0.25) is 0 Å². The minimum absolute atomic E-state index is 0.666. The lowest BCUT2D eigenvalue weighted by molar-refractivity contribution is 0.575. The van der Waals surface area contributed by atoms with Gasteiger partial charge >= 0.3 is 0 Å². The molecule has 1 N–H and O–H groups in total. The van der Waals surface area contributed by atoms with Crippen LogP contribution in [0.15, 0.2) is 16.6 Å². The van der Waals surface area contributed by atoms with E-state index in [1.807, 2.05) is 23.3 Å². The molecule has 2 heterocycles. The molecule has 1 unspecified atom stereocenters. The van der Waals surface area contributed by atoms with Gasteiger partial charge in [-0.2, -0.15) is 0 Å². The summed E-state index contributed by atoms with van der Waals surface area (Å²) < 4.78 is 0. The van der Waals surface area contributed by atoms with E-state index in [1.165, 1.54) is 6.42 Å². The quantitative estimate of drug-likeness (QED) is 0.899. The van der Waals surface area contributed by atoms with Crippen LogP contribution >= 0.6 is 23.1 Å². The van der Waals surface area contributed by atoms with E-state index in [4.69, 9.17) is 0 Å². The highest BCUT2D eigenvalue weighted by Gasteiger charge is 2.20. The maximum Gasteiger partial charge on any atom is 0.157 e. The Labute approximate surface area is 105 Å². The lowest BCUT2D eigenvalue weighted by Gasteiger charge is -2.10. The number of thiazole rings is 1. The number of nitrogens with zero attached hydrogens (tertiary/aromatic N) is 2. The predicted octanol–water partition coefficient (Wildman–Crippen LogP) is 2.75. The molecule has 0 amide bonds. The Morgan fingerprint density at radius 1 is 1.56 bits per heavy atom. The SMILES string of the molecule is CC(C)CC1CN=C(NCc2nccs2)S1. The molecule has 2 rings (SSSR count). The molecule has 0 fully saturated rings. The standard InChI is InChI=1S/C11H17N3S2/c1-8(2)5-9-6-13-11(16-9)14-7-10-12-3-4-15-10/h3-4,8-9H,5-7H2,1-2H3,(H,13,14). The predicted molar refractivity (Wildman–Crippen MR) is 72.1 cm³/mol. The Morgan fingerprint density at radius 3 is 3.12 bits per heavy atom. The van der Waals surface area contributed by atoms with Crippen molar-refractivity contribution in [2.45, 2.75) is 32.1 Å². The maximum absolute atomic E-state index is 4.51. The summed E-state index contributed by atoms with van der Waals surface area (Å²) in [4.78, 5) is 8.75. The highest BCUT2D eigenvalue weighted by molar-refractivity contribution is 8.14. The first kappa shape index (κ1) is 11.9. The summed E-state index contributed by atoms with van der Waals surface area (Å²) in [6.07, 6.45) is 3.09. The Hall–Kier alpha value is -0.550. The van der Waals surface area contributed by atoms with Crippen LogP contribution < -0.4 is 5.32 Å². The molecule has 0 radical (unpaired) electrons. The Bertz CT molecular complexity index is 346. The van der Waals surface area contributed by atoms with Crippen LogP contribution in [0.25, 0.3) is 0 Å². The average Bonchev–Trinajstić information content (AvgIpc) is 2.84. The lowest BCUT2D eigenvalue weighted by Crippen LogP contribution is -2.19. The molecule has 1 aromatic rings. The minimum atomic E-state index is 0.666.